The number of allylic oxidation sites excluding steroid dienone is 1. The Labute approximate surface area is 193 Å². The number of halogens is 2. The van der Waals surface area contributed by atoms with Gasteiger partial charge in [0, 0.05) is 19.2 Å². The number of likely N-dealkylation sites (N-methyl/N-ethyl adjacent to an activating group) is 1. The van der Waals surface area contributed by atoms with Crippen LogP contribution in [0.1, 0.15) is 25.3 Å². The number of aliphatic imine (C=N–C) groups is 2. The van der Waals surface area contributed by atoms with Gasteiger partial charge in [-0.2, -0.15) is 0 Å². The summed E-state index contributed by atoms with van der Waals surface area (Å²) in [7, 11) is 3.98. The van der Waals surface area contributed by atoms with Crippen LogP contribution in [0.3, 0.4) is 0 Å². The number of nitrogens with zero attached hydrogens (tertiary/aromatic N) is 4. The van der Waals surface area contributed by atoms with E-state index in [0.717, 1.165) is 37.3 Å². The van der Waals surface area contributed by atoms with Gasteiger partial charge in [0.05, 0.1) is 17.5 Å². The van der Waals surface area contributed by atoms with Crippen molar-refractivity contribution < 1.29 is 8.78 Å². The molecule has 1 atom stereocenters. The standard InChI is InChI=1S/C14H25N5.C7H6F2.2C2H4/c1-6-19(5)12(3)11(2)16-14(15)17-13-8-7-9-18(4)10-13;1-5-6(8)3-2-4-7(5)9;2*1-2/h6,13H,1,3,7-10H2,2,4-5H3,(H2,15,17);2-4H,1H3;2*1-2H2/b16-11+;;;. The SMILES string of the molecule is C=C.C=C.C=CN(C)C(=C)/C(C)=N/C(N)=NC1CCCN(C)C1.Cc1c(F)cccc1F. The zero-order valence-electron chi connectivity index (χ0n) is 20.1. The molecule has 5 nitrogen and oxygen atoms in total. The maximum Gasteiger partial charge on any atom is 0.215 e. The van der Waals surface area contributed by atoms with E-state index in [4.69, 9.17) is 5.73 Å². The van der Waals surface area contributed by atoms with Crippen LogP contribution in [0.4, 0.5) is 8.78 Å². The highest BCUT2D eigenvalue weighted by Crippen LogP contribution is 2.11. The van der Waals surface area contributed by atoms with Crippen LogP contribution in [0, 0.1) is 18.6 Å². The largest absolute Gasteiger partial charge is 0.368 e. The van der Waals surface area contributed by atoms with Crippen molar-refractivity contribution >= 4 is 11.7 Å². The number of guanidine groups is 1. The number of nitrogens with two attached hydrogens (primary N) is 1. The first kappa shape index (κ1) is 31.1. The third-order valence-corrected chi connectivity index (χ3v) is 4.52. The Morgan fingerprint density at radius 1 is 1.22 bits per heavy atom. The average Bonchev–Trinajstić information content (AvgIpc) is 2.79. The molecule has 7 heteroatoms. The molecule has 1 heterocycles. The Morgan fingerprint density at radius 3 is 2.19 bits per heavy atom. The summed E-state index contributed by atoms with van der Waals surface area (Å²) in [6, 6.07) is 4.06. The van der Waals surface area contributed by atoms with Crippen LogP contribution in [0.2, 0.25) is 0 Å². The van der Waals surface area contributed by atoms with Crippen LogP contribution >= 0.6 is 0 Å². The topological polar surface area (TPSA) is 57.2 Å². The Kier molecular flexibility index (Phi) is 17.1. The van der Waals surface area contributed by atoms with E-state index < -0.39 is 11.6 Å². The molecule has 1 aromatic carbocycles. The van der Waals surface area contributed by atoms with Gasteiger partial charge in [-0.05, 0) is 58.6 Å². The molecule has 0 aliphatic carbocycles. The van der Waals surface area contributed by atoms with Crippen LogP contribution in [-0.4, -0.2) is 54.7 Å². The first-order valence-corrected chi connectivity index (χ1v) is 10.2. The lowest BCUT2D eigenvalue weighted by Gasteiger charge is -2.27. The predicted molar refractivity (Wildman–Crippen MR) is 136 cm³/mol. The molecule has 1 aliphatic heterocycles. The summed E-state index contributed by atoms with van der Waals surface area (Å²) in [6.07, 6.45) is 3.92. The fourth-order valence-corrected chi connectivity index (χ4v) is 2.64. The second kappa shape index (κ2) is 17.6. The van der Waals surface area contributed by atoms with E-state index in [1.165, 1.54) is 25.1 Å². The van der Waals surface area contributed by atoms with E-state index in [2.05, 4.69) is 61.4 Å². The Bertz CT molecular complexity index is 751. The summed E-state index contributed by atoms with van der Waals surface area (Å²) in [5.74, 6) is -0.651. The number of hydrogen-bond acceptors (Lipinski definition) is 3. The molecule has 1 fully saturated rings. The van der Waals surface area contributed by atoms with E-state index >= 15 is 0 Å². The molecule has 0 radical (unpaired) electrons. The summed E-state index contributed by atoms with van der Waals surface area (Å²) in [4.78, 5) is 12.9. The molecule has 1 aliphatic rings. The smallest absolute Gasteiger partial charge is 0.215 e. The molecular weight excluding hydrogens is 408 g/mol. The summed E-state index contributed by atoms with van der Waals surface area (Å²) in [5.41, 5.74) is 7.50. The van der Waals surface area contributed by atoms with E-state index in [1.807, 2.05) is 14.0 Å². The van der Waals surface area contributed by atoms with Gasteiger partial charge in [0.1, 0.15) is 11.6 Å². The normalized spacial score (nSPS) is 16.1. The molecule has 0 aromatic heterocycles. The number of likely N-dealkylation sites (tertiary alicyclic amines) is 1. The third-order valence-electron chi connectivity index (χ3n) is 4.52. The highest BCUT2D eigenvalue weighted by Gasteiger charge is 2.16. The van der Waals surface area contributed by atoms with E-state index in [-0.39, 0.29) is 11.6 Å². The van der Waals surface area contributed by atoms with Crippen LogP contribution in [-0.2, 0) is 0 Å². The summed E-state index contributed by atoms with van der Waals surface area (Å²) in [5, 5.41) is 0. The minimum absolute atomic E-state index is 0.0810. The van der Waals surface area contributed by atoms with Crippen LogP contribution in [0.15, 0.2) is 79.6 Å². The summed E-state index contributed by atoms with van der Waals surface area (Å²) < 4.78 is 24.7. The quantitative estimate of drug-likeness (QED) is 0.386. The third kappa shape index (κ3) is 12.0. The van der Waals surface area contributed by atoms with Gasteiger partial charge >= 0.3 is 0 Å². The van der Waals surface area contributed by atoms with Gasteiger partial charge in [-0.25, -0.2) is 18.8 Å². The second-order valence-corrected chi connectivity index (χ2v) is 6.83. The van der Waals surface area contributed by atoms with Gasteiger partial charge in [-0.3, -0.25) is 0 Å². The molecule has 2 N–H and O–H groups in total. The predicted octanol–water partition coefficient (Wildman–Crippen LogP) is 5.32. The molecule has 2 rings (SSSR count). The molecule has 0 saturated carbocycles. The van der Waals surface area contributed by atoms with Crippen LogP contribution in [0.25, 0.3) is 0 Å². The molecule has 178 valence electrons. The van der Waals surface area contributed by atoms with Gasteiger partial charge in [0.25, 0.3) is 0 Å². The zero-order chi connectivity index (χ0) is 25.3. The lowest BCUT2D eigenvalue weighted by Crippen LogP contribution is -2.35. The first-order valence-electron chi connectivity index (χ1n) is 10.2. The van der Waals surface area contributed by atoms with Gasteiger partial charge < -0.3 is 15.5 Å². The molecule has 1 aromatic rings. The molecule has 1 unspecified atom stereocenters. The second-order valence-electron chi connectivity index (χ2n) is 6.83. The van der Waals surface area contributed by atoms with Crippen molar-refractivity contribution in [2.24, 2.45) is 15.7 Å². The molecule has 32 heavy (non-hydrogen) atoms. The molecule has 0 spiro atoms. The van der Waals surface area contributed by atoms with E-state index in [1.54, 1.807) is 11.1 Å². The zero-order valence-corrected chi connectivity index (χ0v) is 20.1. The highest BCUT2D eigenvalue weighted by atomic mass is 19.1. The van der Waals surface area contributed by atoms with Crippen molar-refractivity contribution in [3.63, 3.8) is 0 Å². The van der Waals surface area contributed by atoms with Gasteiger partial charge in [0.2, 0.25) is 5.96 Å². The number of hydrogen-bond donors (Lipinski definition) is 1. The molecule has 0 amide bonds. The Balaban J connectivity index is 0. The Morgan fingerprint density at radius 2 is 1.75 bits per heavy atom. The molecular formula is C25H39F2N5. The van der Waals surface area contributed by atoms with E-state index in [9.17, 15) is 8.78 Å². The minimum Gasteiger partial charge on any atom is -0.368 e. The first-order chi connectivity index (χ1) is 15.1. The van der Waals surface area contributed by atoms with Crippen LogP contribution < -0.4 is 5.73 Å². The fourth-order valence-electron chi connectivity index (χ4n) is 2.64. The monoisotopic (exact) mass is 447 g/mol. The van der Waals surface area contributed by atoms with Gasteiger partial charge in [0.15, 0.2) is 0 Å². The van der Waals surface area contributed by atoms with Gasteiger partial charge in [-0.1, -0.05) is 19.2 Å². The van der Waals surface area contributed by atoms with Crippen molar-refractivity contribution in [3.05, 3.63) is 86.8 Å². The van der Waals surface area contributed by atoms with E-state index in [0.29, 0.717) is 5.96 Å². The number of piperidine rings is 1. The van der Waals surface area contributed by atoms with Crippen LogP contribution in [0.5, 0.6) is 0 Å². The van der Waals surface area contributed by atoms with Crippen molar-refractivity contribution in [3.8, 4) is 0 Å². The van der Waals surface area contributed by atoms with Crippen molar-refractivity contribution in [1.29, 1.82) is 0 Å². The lowest BCUT2D eigenvalue weighted by atomic mass is 10.1. The van der Waals surface area contributed by atoms with Gasteiger partial charge in [-0.15, -0.1) is 26.3 Å². The fraction of sp³-hybridized carbons (Fsp3) is 0.360. The number of benzene rings is 1. The molecule has 1 saturated heterocycles. The minimum atomic E-state index is -0.491. The highest BCUT2D eigenvalue weighted by molar-refractivity contribution is 6.04. The maximum atomic E-state index is 12.3. The van der Waals surface area contributed by atoms with Crippen molar-refractivity contribution in [1.82, 2.24) is 9.80 Å². The van der Waals surface area contributed by atoms with Crippen molar-refractivity contribution in [2.45, 2.75) is 32.7 Å². The lowest BCUT2D eigenvalue weighted by molar-refractivity contribution is 0.253. The van der Waals surface area contributed by atoms with Crippen molar-refractivity contribution in [2.75, 3.05) is 27.2 Å². The number of rotatable bonds is 4. The Hall–Kier alpha value is -3.06. The maximum absolute atomic E-state index is 12.3. The summed E-state index contributed by atoms with van der Waals surface area (Å²) in [6.45, 7) is 25.0. The molecule has 0 bridgehead atoms. The average molecular weight is 448 g/mol. The summed E-state index contributed by atoms with van der Waals surface area (Å²) >= 11 is 0.